The van der Waals surface area contributed by atoms with E-state index in [-0.39, 0.29) is 17.4 Å². The van der Waals surface area contributed by atoms with E-state index in [9.17, 15) is 9.18 Å². The first-order valence-corrected chi connectivity index (χ1v) is 7.13. The van der Waals surface area contributed by atoms with Crippen molar-refractivity contribution in [3.8, 4) is 5.75 Å². The first kappa shape index (κ1) is 15.0. The second kappa shape index (κ2) is 6.44. The van der Waals surface area contributed by atoms with E-state index in [1.807, 2.05) is 24.3 Å². The van der Waals surface area contributed by atoms with Gasteiger partial charge in [0.2, 0.25) is 0 Å². The number of aliphatic imine (C=N–C) groups is 1. The van der Waals surface area contributed by atoms with E-state index < -0.39 is 0 Å². The summed E-state index contributed by atoms with van der Waals surface area (Å²) in [7, 11) is 1.61. The van der Waals surface area contributed by atoms with Gasteiger partial charge in [-0.25, -0.2) is 9.38 Å². The molecule has 1 aliphatic rings. The average Bonchev–Trinajstić information content (AvgIpc) is 2.87. The Kier molecular flexibility index (Phi) is 4.19. The van der Waals surface area contributed by atoms with E-state index in [0.29, 0.717) is 17.8 Å². The molecule has 0 saturated heterocycles. The van der Waals surface area contributed by atoms with Gasteiger partial charge in [-0.1, -0.05) is 24.3 Å². The molecule has 0 unspecified atom stereocenters. The number of benzene rings is 2. The molecular formula is C18H15FN2O2. The number of hydrogen-bond donors (Lipinski definition) is 1. The monoisotopic (exact) mass is 310 g/mol. The normalized spacial score (nSPS) is 15.5. The molecule has 5 heteroatoms. The molecule has 0 spiro atoms. The van der Waals surface area contributed by atoms with Gasteiger partial charge in [0, 0.05) is 6.42 Å². The molecule has 2 aromatic carbocycles. The van der Waals surface area contributed by atoms with Crippen LogP contribution in [0.2, 0.25) is 0 Å². The Morgan fingerprint density at radius 1 is 1.22 bits per heavy atom. The van der Waals surface area contributed by atoms with Gasteiger partial charge >= 0.3 is 0 Å². The summed E-state index contributed by atoms with van der Waals surface area (Å²) in [6.07, 6.45) is 2.08. The van der Waals surface area contributed by atoms with Crippen LogP contribution in [-0.2, 0) is 11.2 Å². The number of carbonyl (C=O) groups is 1. The van der Waals surface area contributed by atoms with E-state index in [1.54, 1.807) is 25.3 Å². The molecule has 1 N–H and O–H groups in total. The number of rotatable bonds is 4. The van der Waals surface area contributed by atoms with Gasteiger partial charge in [0.15, 0.2) is 0 Å². The molecular weight excluding hydrogens is 295 g/mol. The van der Waals surface area contributed by atoms with Crippen LogP contribution in [0.5, 0.6) is 5.75 Å². The molecule has 1 aliphatic heterocycles. The van der Waals surface area contributed by atoms with E-state index in [4.69, 9.17) is 4.74 Å². The second-order valence-corrected chi connectivity index (χ2v) is 5.12. The van der Waals surface area contributed by atoms with Gasteiger partial charge in [0.1, 0.15) is 23.1 Å². The highest BCUT2D eigenvalue weighted by molar-refractivity contribution is 6.14. The van der Waals surface area contributed by atoms with E-state index in [0.717, 1.165) is 11.3 Å². The molecule has 0 aromatic heterocycles. The van der Waals surface area contributed by atoms with Crippen LogP contribution in [0.3, 0.4) is 0 Å². The lowest BCUT2D eigenvalue weighted by Crippen LogP contribution is -2.25. The van der Waals surface area contributed by atoms with Crippen molar-refractivity contribution in [2.45, 2.75) is 6.42 Å². The minimum Gasteiger partial charge on any atom is -0.497 e. The molecule has 0 fully saturated rings. The zero-order valence-corrected chi connectivity index (χ0v) is 12.5. The van der Waals surface area contributed by atoms with Crippen molar-refractivity contribution in [3.63, 3.8) is 0 Å². The molecule has 0 atom stereocenters. The van der Waals surface area contributed by atoms with Crippen molar-refractivity contribution < 1.29 is 13.9 Å². The maximum Gasteiger partial charge on any atom is 0.275 e. The summed E-state index contributed by atoms with van der Waals surface area (Å²) in [5.41, 5.74) is 1.89. The standard InChI is InChI=1S/C18H15FN2O2/c1-23-15-7-5-12(6-8-15)11-17-20-16(18(22)21-17)10-13-3-2-4-14(19)9-13/h2-10H,11H2,1H3,(H,20,21,22)/b16-10+. The SMILES string of the molecule is COc1ccc(CC2=N/C(=C/c3cccc(F)c3)C(=O)N2)cc1. The predicted molar refractivity (Wildman–Crippen MR) is 86.7 cm³/mol. The summed E-state index contributed by atoms with van der Waals surface area (Å²) in [4.78, 5) is 16.3. The number of methoxy groups -OCH3 is 1. The molecule has 4 nitrogen and oxygen atoms in total. The Morgan fingerprint density at radius 3 is 2.70 bits per heavy atom. The Morgan fingerprint density at radius 2 is 2.00 bits per heavy atom. The summed E-state index contributed by atoms with van der Waals surface area (Å²) in [5.74, 6) is 0.721. The molecule has 1 heterocycles. The number of nitrogens with one attached hydrogen (secondary N) is 1. The van der Waals surface area contributed by atoms with Gasteiger partial charge < -0.3 is 10.1 Å². The van der Waals surface area contributed by atoms with Crippen LogP contribution in [0, 0.1) is 5.82 Å². The molecule has 23 heavy (non-hydrogen) atoms. The third-order valence-corrected chi connectivity index (χ3v) is 3.43. The topological polar surface area (TPSA) is 50.7 Å². The van der Waals surface area contributed by atoms with Crippen molar-refractivity contribution in [3.05, 3.63) is 71.2 Å². The Balaban J connectivity index is 1.78. The molecule has 0 aliphatic carbocycles. The van der Waals surface area contributed by atoms with Crippen LogP contribution in [0.4, 0.5) is 4.39 Å². The third-order valence-electron chi connectivity index (χ3n) is 3.43. The van der Waals surface area contributed by atoms with Crippen molar-refractivity contribution >= 4 is 17.8 Å². The van der Waals surface area contributed by atoms with Gasteiger partial charge in [-0.3, -0.25) is 4.79 Å². The average molecular weight is 310 g/mol. The maximum atomic E-state index is 13.2. The van der Waals surface area contributed by atoms with Crippen molar-refractivity contribution in [2.75, 3.05) is 7.11 Å². The van der Waals surface area contributed by atoms with Crippen LogP contribution >= 0.6 is 0 Å². The number of amides is 1. The number of ether oxygens (including phenoxy) is 1. The van der Waals surface area contributed by atoms with Crippen LogP contribution in [0.25, 0.3) is 6.08 Å². The number of hydrogen-bond acceptors (Lipinski definition) is 3. The fraction of sp³-hybridized carbons (Fsp3) is 0.111. The Bertz CT molecular complexity index is 795. The molecule has 0 bridgehead atoms. The van der Waals surface area contributed by atoms with E-state index >= 15 is 0 Å². The molecule has 0 radical (unpaired) electrons. The van der Waals surface area contributed by atoms with Crippen LogP contribution in [-0.4, -0.2) is 18.9 Å². The zero-order chi connectivity index (χ0) is 16.2. The highest BCUT2D eigenvalue weighted by Crippen LogP contribution is 2.16. The van der Waals surface area contributed by atoms with Crippen LogP contribution < -0.4 is 10.1 Å². The quantitative estimate of drug-likeness (QED) is 0.883. The summed E-state index contributed by atoms with van der Waals surface area (Å²) in [6.45, 7) is 0. The minimum absolute atomic E-state index is 0.277. The third kappa shape index (κ3) is 3.63. The number of carbonyl (C=O) groups excluding carboxylic acids is 1. The van der Waals surface area contributed by atoms with Crippen molar-refractivity contribution in [2.24, 2.45) is 4.99 Å². The van der Waals surface area contributed by atoms with Crippen LogP contribution in [0.15, 0.2) is 59.2 Å². The maximum absolute atomic E-state index is 13.2. The highest BCUT2D eigenvalue weighted by Gasteiger charge is 2.20. The number of nitrogens with zero attached hydrogens (tertiary/aromatic N) is 1. The molecule has 2 aromatic rings. The van der Waals surface area contributed by atoms with Gasteiger partial charge in [0.05, 0.1) is 7.11 Å². The molecule has 0 saturated carbocycles. The largest absolute Gasteiger partial charge is 0.497 e. The summed E-state index contributed by atoms with van der Waals surface area (Å²) < 4.78 is 18.3. The summed E-state index contributed by atoms with van der Waals surface area (Å²) >= 11 is 0. The lowest BCUT2D eigenvalue weighted by Gasteiger charge is -2.03. The first-order valence-electron chi connectivity index (χ1n) is 7.13. The second-order valence-electron chi connectivity index (χ2n) is 5.12. The van der Waals surface area contributed by atoms with E-state index in [1.165, 1.54) is 12.1 Å². The van der Waals surface area contributed by atoms with Gasteiger partial charge in [-0.2, -0.15) is 0 Å². The summed E-state index contributed by atoms with van der Waals surface area (Å²) in [6, 6.07) is 13.6. The number of halogens is 1. The Hall–Kier alpha value is -2.95. The van der Waals surface area contributed by atoms with E-state index in [2.05, 4.69) is 10.3 Å². The highest BCUT2D eigenvalue weighted by atomic mass is 19.1. The fourth-order valence-electron chi connectivity index (χ4n) is 2.29. The van der Waals surface area contributed by atoms with Crippen LogP contribution in [0.1, 0.15) is 11.1 Å². The molecule has 1 amide bonds. The minimum atomic E-state index is -0.347. The molecule has 116 valence electrons. The predicted octanol–water partition coefficient (Wildman–Crippen LogP) is 2.95. The lowest BCUT2D eigenvalue weighted by molar-refractivity contribution is -0.115. The summed E-state index contributed by atoms with van der Waals surface area (Å²) in [5, 5.41) is 2.73. The Labute approximate surface area is 133 Å². The zero-order valence-electron chi connectivity index (χ0n) is 12.5. The smallest absolute Gasteiger partial charge is 0.275 e. The van der Waals surface area contributed by atoms with Gasteiger partial charge in [0.25, 0.3) is 5.91 Å². The number of amidine groups is 1. The first-order chi connectivity index (χ1) is 11.1. The van der Waals surface area contributed by atoms with Crippen molar-refractivity contribution in [1.82, 2.24) is 5.32 Å². The lowest BCUT2D eigenvalue weighted by atomic mass is 10.1. The molecule has 3 rings (SSSR count). The fourth-order valence-corrected chi connectivity index (χ4v) is 2.29. The van der Waals surface area contributed by atoms with Crippen molar-refractivity contribution in [1.29, 1.82) is 0 Å². The van der Waals surface area contributed by atoms with Gasteiger partial charge in [-0.15, -0.1) is 0 Å². The van der Waals surface area contributed by atoms with Gasteiger partial charge in [-0.05, 0) is 41.5 Å².